The summed E-state index contributed by atoms with van der Waals surface area (Å²) in [5.74, 6) is -0.348. The molecule has 5 heteroatoms. The first-order valence-corrected chi connectivity index (χ1v) is 7.80. The SMILES string of the molecule is COC(=O)c1ccc(CN(C)c2cc(C#N)nc3ccccc23)cc1. The van der Waals surface area contributed by atoms with Crippen LogP contribution in [0.25, 0.3) is 10.9 Å². The predicted octanol–water partition coefficient (Wildman–Crippen LogP) is 3.53. The predicted molar refractivity (Wildman–Crippen MR) is 96.3 cm³/mol. The summed E-state index contributed by atoms with van der Waals surface area (Å²) >= 11 is 0. The van der Waals surface area contributed by atoms with Crippen LogP contribution >= 0.6 is 0 Å². The number of para-hydroxylation sites is 1. The van der Waals surface area contributed by atoms with E-state index >= 15 is 0 Å². The molecule has 0 aliphatic heterocycles. The number of nitrogens with zero attached hydrogens (tertiary/aromatic N) is 3. The fourth-order valence-electron chi connectivity index (χ4n) is 2.75. The zero-order chi connectivity index (χ0) is 17.8. The number of esters is 1. The van der Waals surface area contributed by atoms with Crippen molar-refractivity contribution in [3.63, 3.8) is 0 Å². The first-order valence-electron chi connectivity index (χ1n) is 7.80. The van der Waals surface area contributed by atoms with E-state index < -0.39 is 0 Å². The number of methoxy groups -OCH3 is 1. The van der Waals surface area contributed by atoms with Crippen LogP contribution in [0.1, 0.15) is 21.6 Å². The second-order valence-electron chi connectivity index (χ2n) is 5.70. The highest BCUT2D eigenvalue weighted by Gasteiger charge is 2.11. The normalized spacial score (nSPS) is 10.3. The van der Waals surface area contributed by atoms with Gasteiger partial charge in [-0.05, 0) is 29.8 Å². The molecule has 0 radical (unpaired) electrons. The molecule has 5 nitrogen and oxygen atoms in total. The van der Waals surface area contributed by atoms with Gasteiger partial charge in [-0.15, -0.1) is 0 Å². The summed E-state index contributed by atoms with van der Waals surface area (Å²) in [7, 11) is 3.34. The van der Waals surface area contributed by atoms with Crippen LogP contribution in [0.2, 0.25) is 0 Å². The molecule has 25 heavy (non-hydrogen) atoms. The molecule has 0 aliphatic rings. The van der Waals surface area contributed by atoms with Crippen LogP contribution in [0, 0.1) is 11.3 Å². The molecular formula is C20H17N3O2. The lowest BCUT2D eigenvalue weighted by Gasteiger charge is -2.21. The fourth-order valence-corrected chi connectivity index (χ4v) is 2.75. The van der Waals surface area contributed by atoms with Crippen LogP contribution in [0.4, 0.5) is 5.69 Å². The highest BCUT2D eigenvalue weighted by Crippen LogP contribution is 2.27. The van der Waals surface area contributed by atoms with E-state index in [0.717, 1.165) is 22.2 Å². The maximum Gasteiger partial charge on any atom is 0.337 e. The highest BCUT2D eigenvalue weighted by atomic mass is 16.5. The largest absolute Gasteiger partial charge is 0.465 e. The van der Waals surface area contributed by atoms with Gasteiger partial charge in [0, 0.05) is 24.7 Å². The number of carbonyl (C=O) groups is 1. The number of hydrogen-bond donors (Lipinski definition) is 0. The average molecular weight is 331 g/mol. The minimum Gasteiger partial charge on any atom is -0.465 e. The highest BCUT2D eigenvalue weighted by molar-refractivity contribution is 5.92. The van der Waals surface area contributed by atoms with E-state index in [2.05, 4.69) is 16.0 Å². The van der Waals surface area contributed by atoms with Gasteiger partial charge in [0.15, 0.2) is 0 Å². The monoisotopic (exact) mass is 331 g/mol. The topological polar surface area (TPSA) is 66.2 Å². The zero-order valence-corrected chi connectivity index (χ0v) is 14.1. The van der Waals surface area contributed by atoms with Gasteiger partial charge in [0.05, 0.1) is 18.2 Å². The Balaban J connectivity index is 1.91. The molecule has 0 amide bonds. The molecule has 3 rings (SSSR count). The molecule has 0 saturated carbocycles. The van der Waals surface area contributed by atoms with E-state index in [1.54, 1.807) is 18.2 Å². The average Bonchev–Trinajstić information content (AvgIpc) is 2.66. The molecule has 1 aromatic heterocycles. The second-order valence-corrected chi connectivity index (χ2v) is 5.70. The Morgan fingerprint density at radius 1 is 1.20 bits per heavy atom. The van der Waals surface area contributed by atoms with Gasteiger partial charge in [0.2, 0.25) is 0 Å². The van der Waals surface area contributed by atoms with Crippen molar-refractivity contribution in [2.45, 2.75) is 6.54 Å². The minimum absolute atomic E-state index is 0.348. The van der Waals surface area contributed by atoms with Crippen molar-refractivity contribution in [2.75, 3.05) is 19.1 Å². The number of nitriles is 1. The van der Waals surface area contributed by atoms with Gasteiger partial charge in [0.1, 0.15) is 11.8 Å². The van der Waals surface area contributed by atoms with Crippen molar-refractivity contribution in [1.82, 2.24) is 4.98 Å². The Labute approximate surface area is 146 Å². The molecule has 0 unspecified atom stereocenters. The van der Waals surface area contributed by atoms with Crippen molar-refractivity contribution in [2.24, 2.45) is 0 Å². The van der Waals surface area contributed by atoms with Gasteiger partial charge in [-0.3, -0.25) is 0 Å². The molecule has 1 heterocycles. The molecular weight excluding hydrogens is 314 g/mol. The summed E-state index contributed by atoms with van der Waals surface area (Å²) in [4.78, 5) is 17.9. The molecule has 2 aromatic carbocycles. The van der Waals surface area contributed by atoms with Crippen LogP contribution in [0.15, 0.2) is 54.6 Å². The summed E-state index contributed by atoms with van der Waals surface area (Å²) in [6.45, 7) is 0.639. The molecule has 0 saturated heterocycles. The molecule has 0 N–H and O–H groups in total. The third-order valence-electron chi connectivity index (χ3n) is 4.01. The molecule has 0 fully saturated rings. The van der Waals surface area contributed by atoms with Crippen molar-refractivity contribution >= 4 is 22.6 Å². The number of rotatable bonds is 4. The van der Waals surface area contributed by atoms with Crippen molar-refractivity contribution in [1.29, 1.82) is 5.26 Å². The smallest absolute Gasteiger partial charge is 0.337 e. The summed E-state index contributed by atoms with van der Waals surface area (Å²) in [5, 5.41) is 10.2. The molecule has 0 bridgehead atoms. The summed E-state index contributed by atoms with van der Waals surface area (Å²) in [6, 6.07) is 19.0. The van der Waals surface area contributed by atoms with Crippen LogP contribution in [0.5, 0.6) is 0 Å². The second kappa shape index (κ2) is 7.02. The molecule has 124 valence electrons. The first-order chi connectivity index (χ1) is 12.1. The van der Waals surface area contributed by atoms with Gasteiger partial charge in [-0.1, -0.05) is 30.3 Å². The van der Waals surface area contributed by atoms with Gasteiger partial charge in [-0.2, -0.15) is 5.26 Å². The number of anilines is 1. The van der Waals surface area contributed by atoms with E-state index in [1.807, 2.05) is 43.4 Å². The third-order valence-corrected chi connectivity index (χ3v) is 4.01. The van der Waals surface area contributed by atoms with Gasteiger partial charge in [0.25, 0.3) is 0 Å². The van der Waals surface area contributed by atoms with Crippen molar-refractivity contribution in [3.8, 4) is 6.07 Å². The number of hydrogen-bond acceptors (Lipinski definition) is 5. The molecule has 0 atom stereocenters. The Bertz CT molecular complexity index is 959. The summed E-state index contributed by atoms with van der Waals surface area (Å²) in [5.41, 5.74) is 3.70. The number of ether oxygens (including phenoxy) is 1. The molecule has 3 aromatic rings. The zero-order valence-electron chi connectivity index (χ0n) is 14.1. The summed E-state index contributed by atoms with van der Waals surface area (Å²) in [6.07, 6.45) is 0. The van der Waals surface area contributed by atoms with Gasteiger partial charge in [-0.25, -0.2) is 9.78 Å². The first kappa shape index (κ1) is 16.5. The van der Waals surface area contributed by atoms with E-state index in [1.165, 1.54) is 7.11 Å². The van der Waals surface area contributed by atoms with E-state index in [-0.39, 0.29) is 5.97 Å². The Morgan fingerprint density at radius 2 is 1.92 bits per heavy atom. The number of benzene rings is 2. The maximum atomic E-state index is 11.5. The van der Waals surface area contributed by atoms with Crippen molar-refractivity contribution in [3.05, 3.63) is 71.4 Å². The molecule has 0 spiro atoms. The number of fused-ring (bicyclic) bond motifs is 1. The van der Waals surface area contributed by atoms with Crippen LogP contribution in [0.3, 0.4) is 0 Å². The van der Waals surface area contributed by atoms with Gasteiger partial charge >= 0.3 is 5.97 Å². The number of carbonyl (C=O) groups excluding carboxylic acids is 1. The van der Waals surface area contributed by atoms with E-state index in [4.69, 9.17) is 4.74 Å². The number of aromatic nitrogens is 1. The Hall–Kier alpha value is -3.39. The van der Waals surface area contributed by atoms with E-state index in [0.29, 0.717) is 17.8 Å². The minimum atomic E-state index is -0.348. The lowest BCUT2D eigenvalue weighted by molar-refractivity contribution is 0.0600. The Kier molecular flexibility index (Phi) is 4.62. The van der Waals surface area contributed by atoms with Crippen LogP contribution in [-0.4, -0.2) is 25.1 Å². The molecule has 0 aliphatic carbocycles. The third kappa shape index (κ3) is 3.43. The van der Waals surface area contributed by atoms with Crippen molar-refractivity contribution < 1.29 is 9.53 Å². The maximum absolute atomic E-state index is 11.5. The quantitative estimate of drug-likeness (QED) is 0.684. The lowest BCUT2D eigenvalue weighted by atomic mass is 10.1. The van der Waals surface area contributed by atoms with E-state index in [9.17, 15) is 10.1 Å². The standard InChI is InChI=1S/C20H17N3O2/c1-23(13-14-7-9-15(10-8-14)20(24)25-2)19-11-16(12-21)22-18-6-4-3-5-17(18)19/h3-11H,13H2,1-2H3. The summed E-state index contributed by atoms with van der Waals surface area (Å²) < 4.78 is 4.71. The Morgan fingerprint density at radius 3 is 2.60 bits per heavy atom. The van der Waals surface area contributed by atoms with Crippen LogP contribution in [-0.2, 0) is 11.3 Å². The fraction of sp³-hybridized carbons (Fsp3) is 0.150. The number of pyridine rings is 1. The van der Waals surface area contributed by atoms with Gasteiger partial charge < -0.3 is 9.64 Å². The van der Waals surface area contributed by atoms with Crippen LogP contribution < -0.4 is 4.90 Å². The lowest BCUT2D eigenvalue weighted by Crippen LogP contribution is -2.17.